The Morgan fingerprint density at radius 3 is 1.26 bits per heavy atom. The van der Waals surface area contributed by atoms with Gasteiger partial charge in [-0.3, -0.25) is 0 Å². The molecule has 270 valence electrons. The minimum Gasteiger partial charge on any atom is -0.309 e. The molecule has 4 heterocycles. The number of benzene rings is 9. The number of nitrogens with zero attached hydrogens (tertiary/aromatic N) is 2. The fourth-order valence-electron chi connectivity index (χ4n) is 9.58. The van der Waals surface area contributed by atoms with E-state index in [2.05, 4.69) is 203 Å². The van der Waals surface area contributed by atoms with Gasteiger partial charge in [-0.1, -0.05) is 121 Å². The van der Waals surface area contributed by atoms with Crippen molar-refractivity contribution >= 4 is 107 Å². The monoisotopic (exact) mass is 772 g/mol. The lowest BCUT2D eigenvalue weighted by atomic mass is 9.94. The summed E-state index contributed by atoms with van der Waals surface area (Å²) in [5.74, 6) is 0. The maximum Gasteiger partial charge on any atom is 0.0618 e. The second-order valence-corrected chi connectivity index (χ2v) is 17.4. The molecule has 0 atom stereocenters. The molecule has 0 saturated carbocycles. The first kappa shape index (κ1) is 32.1. The largest absolute Gasteiger partial charge is 0.309 e. The van der Waals surface area contributed by atoms with Crippen LogP contribution in [0.2, 0.25) is 0 Å². The molecule has 13 aromatic rings. The number of aromatic nitrogens is 2. The van der Waals surface area contributed by atoms with E-state index in [0.29, 0.717) is 0 Å². The minimum absolute atomic E-state index is 1.16. The summed E-state index contributed by atoms with van der Waals surface area (Å²) in [4.78, 5) is 0. The van der Waals surface area contributed by atoms with E-state index in [1.54, 1.807) is 0 Å². The molecular formula is C54H32N2S2. The third kappa shape index (κ3) is 4.58. The van der Waals surface area contributed by atoms with Crippen LogP contribution < -0.4 is 0 Å². The van der Waals surface area contributed by atoms with Crippen molar-refractivity contribution in [1.82, 2.24) is 9.13 Å². The highest BCUT2D eigenvalue weighted by Crippen LogP contribution is 2.45. The first-order chi connectivity index (χ1) is 28.8. The van der Waals surface area contributed by atoms with Crippen LogP contribution in [0.25, 0.3) is 118 Å². The van der Waals surface area contributed by atoms with Gasteiger partial charge in [0.1, 0.15) is 0 Å². The molecule has 4 heteroatoms. The van der Waals surface area contributed by atoms with E-state index < -0.39 is 0 Å². The van der Waals surface area contributed by atoms with Crippen molar-refractivity contribution < 1.29 is 0 Å². The van der Waals surface area contributed by atoms with Crippen LogP contribution in [0.3, 0.4) is 0 Å². The van der Waals surface area contributed by atoms with Gasteiger partial charge in [-0.05, 0) is 83.9 Å². The van der Waals surface area contributed by atoms with Crippen LogP contribution in [0, 0.1) is 0 Å². The number of para-hydroxylation sites is 4. The summed E-state index contributed by atoms with van der Waals surface area (Å²) in [6, 6.07) is 72.1. The molecule has 0 amide bonds. The van der Waals surface area contributed by atoms with Gasteiger partial charge in [0.25, 0.3) is 0 Å². The second-order valence-electron chi connectivity index (χ2n) is 15.2. The molecule has 0 unspecified atom stereocenters. The van der Waals surface area contributed by atoms with E-state index in [0.717, 1.165) is 5.69 Å². The minimum atomic E-state index is 1.16. The first-order valence-corrected chi connectivity index (χ1v) is 21.4. The smallest absolute Gasteiger partial charge is 0.0618 e. The Bertz CT molecular complexity index is 3630. The van der Waals surface area contributed by atoms with Crippen molar-refractivity contribution in [3.63, 3.8) is 0 Å². The van der Waals surface area contributed by atoms with Crippen molar-refractivity contribution in [3.05, 3.63) is 194 Å². The third-order valence-electron chi connectivity index (χ3n) is 12.1. The third-order valence-corrected chi connectivity index (χ3v) is 14.4. The molecule has 0 aliphatic carbocycles. The second kappa shape index (κ2) is 12.3. The van der Waals surface area contributed by atoms with Crippen molar-refractivity contribution in [2.24, 2.45) is 0 Å². The van der Waals surface area contributed by atoms with E-state index >= 15 is 0 Å². The first-order valence-electron chi connectivity index (χ1n) is 19.8. The van der Waals surface area contributed by atoms with Gasteiger partial charge in [-0.2, -0.15) is 0 Å². The lowest BCUT2D eigenvalue weighted by molar-refractivity contribution is 1.17. The molecule has 0 aliphatic rings. The summed E-state index contributed by atoms with van der Waals surface area (Å²) >= 11 is 3.74. The van der Waals surface area contributed by atoms with Gasteiger partial charge >= 0.3 is 0 Å². The van der Waals surface area contributed by atoms with E-state index in [1.165, 1.54) is 112 Å². The average Bonchev–Trinajstić information content (AvgIpc) is 4.03. The molecule has 0 N–H and O–H groups in total. The predicted molar refractivity (Wildman–Crippen MR) is 252 cm³/mol. The highest BCUT2D eigenvalue weighted by atomic mass is 32.1. The molecule has 0 bridgehead atoms. The molecule has 4 aromatic heterocycles. The Morgan fingerprint density at radius 1 is 0.276 bits per heavy atom. The fraction of sp³-hybridized carbons (Fsp3) is 0. The van der Waals surface area contributed by atoms with Gasteiger partial charge in [0.05, 0.1) is 27.8 Å². The predicted octanol–water partition coefficient (Wildman–Crippen LogP) is 16.0. The van der Waals surface area contributed by atoms with Gasteiger partial charge in [0.2, 0.25) is 0 Å². The van der Waals surface area contributed by atoms with Crippen molar-refractivity contribution in [1.29, 1.82) is 0 Å². The molecule has 0 saturated heterocycles. The summed E-state index contributed by atoms with van der Waals surface area (Å²) in [5.41, 5.74) is 12.0. The molecule has 2 nitrogen and oxygen atoms in total. The molecule has 13 rings (SSSR count). The van der Waals surface area contributed by atoms with Crippen LogP contribution in [-0.2, 0) is 0 Å². The summed E-state index contributed by atoms with van der Waals surface area (Å²) in [6.45, 7) is 0. The zero-order chi connectivity index (χ0) is 37.9. The van der Waals surface area contributed by atoms with Crippen LogP contribution in [0.5, 0.6) is 0 Å². The number of hydrogen-bond donors (Lipinski definition) is 0. The highest BCUT2D eigenvalue weighted by Gasteiger charge is 2.22. The van der Waals surface area contributed by atoms with E-state index in [4.69, 9.17) is 0 Å². The Kier molecular flexibility index (Phi) is 6.79. The SMILES string of the molecule is c1cc(-c2ccc3sc4ccccc4c3c2)c(-n2c3ccccc3c3cc(-n4c5ccccc5c5ccccc54)ccc32)c(-c2ccc3sc4ccccc4c3c2)c1. The van der Waals surface area contributed by atoms with Crippen molar-refractivity contribution in [2.45, 2.75) is 0 Å². The maximum atomic E-state index is 2.54. The zero-order valence-electron chi connectivity index (χ0n) is 31.2. The standard InChI is InChI=1S/C54H32N2S2/c1-6-19-46-38(12-1)39-13-2-7-20-47(39)55(46)35-26-27-49-43(32-35)40-14-3-8-21-48(40)56(49)54-36(33-24-28-52-44(30-33)41-15-4-9-22-50(41)57-52)17-11-18-37(54)34-25-29-53-45(31-34)42-16-5-10-23-51(42)58-53/h1-32H. The Balaban J connectivity index is 1.12. The lowest BCUT2D eigenvalue weighted by Crippen LogP contribution is -2.01. The number of rotatable bonds is 4. The number of fused-ring (bicyclic) bond motifs is 12. The number of thiophene rings is 2. The molecule has 0 aliphatic heterocycles. The maximum absolute atomic E-state index is 2.54. The van der Waals surface area contributed by atoms with Gasteiger partial charge in [-0.15, -0.1) is 22.7 Å². The molecule has 0 fully saturated rings. The van der Waals surface area contributed by atoms with Crippen LogP contribution in [0.4, 0.5) is 0 Å². The van der Waals surface area contributed by atoms with Gasteiger partial charge in [0.15, 0.2) is 0 Å². The fourth-order valence-corrected chi connectivity index (χ4v) is 11.8. The summed E-state index contributed by atoms with van der Waals surface area (Å²) in [5, 5.41) is 10.2. The lowest BCUT2D eigenvalue weighted by Gasteiger charge is -2.19. The van der Waals surface area contributed by atoms with E-state index in [9.17, 15) is 0 Å². The average molecular weight is 773 g/mol. The van der Waals surface area contributed by atoms with Crippen LogP contribution in [0.15, 0.2) is 194 Å². The Morgan fingerprint density at radius 2 is 0.707 bits per heavy atom. The quantitative estimate of drug-likeness (QED) is 0.169. The van der Waals surface area contributed by atoms with Crippen molar-refractivity contribution in [2.75, 3.05) is 0 Å². The van der Waals surface area contributed by atoms with E-state index in [-0.39, 0.29) is 0 Å². The molecule has 58 heavy (non-hydrogen) atoms. The molecule has 9 aromatic carbocycles. The molecular weight excluding hydrogens is 741 g/mol. The van der Waals surface area contributed by atoms with Gasteiger partial charge < -0.3 is 9.13 Å². The van der Waals surface area contributed by atoms with Crippen molar-refractivity contribution in [3.8, 4) is 33.6 Å². The summed E-state index contributed by atoms with van der Waals surface area (Å²) < 4.78 is 10.2. The van der Waals surface area contributed by atoms with Crippen LogP contribution in [-0.4, -0.2) is 9.13 Å². The Hall–Kier alpha value is -6.98. The topological polar surface area (TPSA) is 9.86 Å². The van der Waals surface area contributed by atoms with Gasteiger partial charge in [-0.25, -0.2) is 0 Å². The molecule has 0 radical (unpaired) electrons. The number of hydrogen-bond acceptors (Lipinski definition) is 2. The zero-order valence-corrected chi connectivity index (χ0v) is 32.8. The summed E-state index contributed by atoms with van der Waals surface area (Å²) in [7, 11) is 0. The van der Waals surface area contributed by atoms with E-state index in [1.807, 2.05) is 22.7 Å². The Labute approximate surface area is 341 Å². The molecule has 0 spiro atoms. The highest BCUT2D eigenvalue weighted by molar-refractivity contribution is 7.26. The normalized spacial score (nSPS) is 12.1. The van der Waals surface area contributed by atoms with Gasteiger partial charge in [0, 0.05) is 78.7 Å². The van der Waals surface area contributed by atoms with Crippen LogP contribution >= 0.6 is 22.7 Å². The van der Waals surface area contributed by atoms with Crippen LogP contribution in [0.1, 0.15) is 0 Å². The summed E-state index contributed by atoms with van der Waals surface area (Å²) in [6.07, 6.45) is 0.